The lowest BCUT2D eigenvalue weighted by Crippen LogP contribution is -2.20. The number of phenolic OH excluding ortho intramolecular Hbond substituents is 2. The van der Waals surface area contributed by atoms with Gasteiger partial charge >= 0.3 is 0 Å². The van der Waals surface area contributed by atoms with Gasteiger partial charge in [-0.25, -0.2) is 5.43 Å². The minimum atomic E-state index is -0.340. The number of amides is 1. The molecule has 0 radical (unpaired) electrons. The second kappa shape index (κ2) is 10.7. The summed E-state index contributed by atoms with van der Waals surface area (Å²) >= 11 is 1.25. The van der Waals surface area contributed by atoms with E-state index in [1.807, 2.05) is 47.0 Å². The van der Waals surface area contributed by atoms with Gasteiger partial charge in [0.2, 0.25) is 0 Å². The van der Waals surface area contributed by atoms with Crippen molar-refractivity contribution in [2.75, 3.05) is 5.75 Å². The Morgan fingerprint density at radius 1 is 1.03 bits per heavy atom. The van der Waals surface area contributed by atoms with Gasteiger partial charge in [-0.15, -0.1) is 10.2 Å². The average molecular weight is 502 g/mol. The van der Waals surface area contributed by atoms with Crippen molar-refractivity contribution in [2.24, 2.45) is 5.10 Å². The topological polar surface area (TPSA) is 113 Å². The molecule has 0 saturated carbocycles. The van der Waals surface area contributed by atoms with Crippen LogP contribution in [-0.4, -0.2) is 42.9 Å². The Morgan fingerprint density at radius 2 is 1.75 bits per heavy atom. The van der Waals surface area contributed by atoms with Gasteiger partial charge in [-0.1, -0.05) is 75.0 Å². The second-order valence-electron chi connectivity index (χ2n) is 9.13. The van der Waals surface area contributed by atoms with E-state index in [0.717, 1.165) is 11.3 Å². The van der Waals surface area contributed by atoms with E-state index in [9.17, 15) is 15.0 Å². The first-order valence-electron chi connectivity index (χ1n) is 11.3. The number of para-hydroxylation sites is 1. The molecule has 9 heteroatoms. The minimum Gasteiger partial charge on any atom is -0.508 e. The molecule has 0 atom stereocenters. The van der Waals surface area contributed by atoms with Crippen LogP contribution >= 0.6 is 11.8 Å². The molecule has 3 N–H and O–H groups in total. The summed E-state index contributed by atoms with van der Waals surface area (Å²) in [5.74, 6) is 0.212. The molecule has 0 aliphatic carbocycles. The summed E-state index contributed by atoms with van der Waals surface area (Å²) in [5, 5.41) is 32.4. The number of aromatic hydroxyl groups is 2. The van der Waals surface area contributed by atoms with Crippen LogP contribution in [0.1, 0.15) is 31.9 Å². The molecule has 0 aliphatic rings. The number of carbonyl (C=O) groups is 1. The van der Waals surface area contributed by atoms with Crippen molar-refractivity contribution in [1.29, 1.82) is 0 Å². The van der Waals surface area contributed by atoms with Crippen LogP contribution in [0.25, 0.3) is 17.1 Å². The molecule has 0 spiro atoms. The van der Waals surface area contributed by atoms with Crippen molar-refractivity contribution in [3.63, 3.8) is 0 Å². The van der Waals surface area contributed by atoms with Gasteiger partial charge in [0.25, 0.3) is 5.91 Å². The Bertz CT molecular complexity index is 1380. The lowest BCUT2D eigenvalue weighted by molar-refractivity contribution is -0.118. The van der Waals surface area contributed by atoms with Crippen LogP contribution < -0.4 is 5.43 Å². The van der Waals surface area contributed by atoms with E-state index in [1.54, 1.807) is 0 Å². The minimum absolute atomic E-state index is 0.0452. The predicted octanol–water partition coefficient (Wildman–Crippen LogP) is 4.89. The van der Waals surface area contributed by atoms with Gasteiger partial charge in [0.15, 0.2) is 11.0 Å². The molecule has 0 unspecified atom stereocenters. The van der Waals surface area contributed by atoms with Crippen molar-refractivity contribution in [2.45, 2.75) is 31.3 Å². The summed E-state index contributed by atoms with van der Waals surface area (Å²) in [4.78, 5) is 12.4. The molecular formula is C27H27N5O3S. The molecule has 0 bridgehead atoms. The molecule has 184 valence electrons. The van der Waals surface area contributed by atoms with E-state index in [1.165, 1.54) is 41.7 Å². The highest BCUT2D eigenvalue weighted by Gasteiger charge is 2.19. The molecule has 8 nitrogen and oxygen atoms in total. The van der Waals surface area contributed by atoms with Gasteiger partial charge in [0, 0.05) is 22.9 Å². The fraction of sp³-hybridized carbons (Fsp3) is 0.185. The standard InChI is InChI=1S/C27H27N5O3S/c1-27(2,3)20-12-9-18(10-13-20)25-30-31-26(32(25)21-7-5-4-6-8-21)36-17-24(35)29-28-16-19-11-14-22(33)15-23(19)34/h4-16,33-34H,17H2,1-3H3,(H,29,35). The zero-order valence-electron chi connectivity index (χ0n) is 20.2. The number of hydrogen-bond donors (Lipinski definition) is 3. The summed E-state index contributed by atoms with van der Waals surface area (Å²) in [6.45, 7) is 6.52. The maximum Gasteiger partial charge on any atom is 0.250 e. The van der Waals surface area contributed by atoms with Crippen LogP contribution in [0.5, 0.6) is 11.5 Å². The smallest absolute Gasteiger partial charge is 0.250 e. The van der Waals surface area contributed by atoms with Crippen LogP contribution in [0, 0.1) is 0 Å². The molecule has 0 saturated heterocycles. The molecule has 1 amide bonds. The van der Waals surface area contributed by atoms with E-state index >= 15 is 0 Å². The fourth-order valence-corrected chi connectivity index (χ4v) is 4.20. The zero-order chi connectivity index (χ0) is 25.7. The van der Waals surface area contributed by atoms with E-state index in [4.69, 9.17) is 0 Å². The van der Waals surface area contributed by atoms with Crippen LogP contribution in [0.15, 0.2) is 83.1 Å². The van der Waals surface area contributed by atoms with E-state index < -0.39 is 0 Å². The van der Waals surface area contributed by atoms with Gasteiger partial charge in [0.1, 0.15) is 11.5 Å². The number of benzene rings is 3. The summed E-state index contributed by atoms with van der Waals surface area (Å²) in [6.07, 6.45) is 1.31. The molecule has 0 aliphatic heterocycles. The number of nitrogens with zero attached hydrogens (tertiary/aromatic N) is 4. The van der Waals surface area contributed by atoms with E-state index in [-0.39, 0.29) is 28.6 Å². The van der Waals surface area contributed by atoms with Crippen LogP contribution in [0.3, 0.4) is 0 Å². The predicted molar refractivity (Wildman–Crippen MR) is 142 cm³/mol. The number of hydrazone groups is 1. The van der Waals surface area contributed by atoms with Crippen molar-refractivity contribution < 1.29 is 15.0 Å². The largest absolute Gasteiger partial charge is 0.508 e. The van der Waals surface area contributed by atoms with Crippen molar-refractivity contribution in [1.82, 2.24) is 20.2 Å². The Morgan fingerprint density at radius 3 is 2.42 bits per heavy atom. The van der Waals surface area contributed by atoms with Crippen LogP contribution in [0.2, 0.25) is 0 Å². The highest BCUT2D eigenvalue weighted by Crippen LogP contribution is 2.30. The lowest BCUT2D eigenvalue weighted by Gasteiger charge is -2.19. The Kier molecular flexibility index (Phi) is 7.40. The number of thioether (sulfide) groups is 1. The summed E-state index contributed by atoms with van der Waals surface area (Å²) in [5.41, 5.74) is 5.89. The van der Waals surface area contributed by atoms with Gasteiger partial charge in [-0.3, -0.25) is 9.36 Å². The summed E-state index contributed by atoms with van der Waals surface area (Å²) in [7, 11) is 0. The highest BCUT2D eigenvalue weighted by molar-refractivity contribution is 7.99. The zero-order valence-corrected chi connectivity index (χ0v) is 21.0. The van der Waals surface area contributed by atoms with E-state index in [2.05, 4.69) is 53.6 Å². The quantitative estimate of drug-likeness (QED) is 0.189. The first kappa shape index (κ1) is 25.0. The maximum absolute atomic E-state index is 12.4. The van der Waals surface area contributed by atoms with Gasteiger partial charge in [-0.2, -0.15) is 5.10 Å². The van der Waals surface area contributed by atoms with Gasteiger partial charge in [-0.05, 0) is 35.2 Å². The van der Waals surface area contributed by atoms with Gasteiger partial charge in [0.05, 0.1) is 12.0 Å². The molecule has 4 aromatic rings. The van der Waals surface area contributed by atoms with Crippen molar-refractivity contribution in [3.8, 4) is 28.6 Å². The second-order valence-corrected chi connectivity index (χ2v) is 10.1. The highest BCUT2D eigenvalue weighted by atomic mass is 32.2. The number of nitrogens with one attached hydrogen (secondary N) is 1. The molecule has 0 fully saturated rings. The Balaban J connectivity index is 1.51. The average Bonchev–Trinajstić information content (AvgIpc) is 3.28. The van der Waals surface area contributed by atoms with Crippen LogP contribution in [0.4, 0.5) is 0 Å². The SMILES string of the molecule is CC(C)(C)c1ccc(-c2nnc(SCC(=O)NN=Cc3ccc(O)cc3O)n2-c2ccccc2)cc1. The fourth-order valence-electron chi connectivity index (χ4n) is 3.46. The molecule has 3 aromatic carbocycles. The molecule has 36 heavy (non-hydrogen) atoms. The molecule has 1 aromatic heterocycles. The first-order valence-corrected chi connectivity index (χ1v) is 12.3. The molecular weight excluding hydrogens is 474 g/mol. The number of carbonyl (C=O) groups excluding carboxylic acids is 1. The molecule has 4 rings (SSSR count). The Hall–Kier alpha value is -4.11. The molecule has 1 heterocycles. The number of rotatable bonds is 7. The summed E-state index contributed by atoms with van der Waals surface area (Å²) < 4.78 is 1.93. The van der Waals surface area contributed by atoms with Crippen molar-refractivity contribution in [3.05, 3.63) is 83.9 Å². The van der Waals surface area contributed by atoms with Gasteiger partial charge < -0.3 is 10.2 Å². The number of hydrogen-bond acceptors (Lipinski definition) is 7. The number of aromatic nitrogens is 3. The van der Waals surface area contributed by atoms with Crippen LogP contribution in [-0.2, 0) is 10.2 Å². The third-order valence-electron chi connectivity index (χ3n) is 5.40. The number of phenols is 2. The third kappa shape index (κ3) is 5.92. The van der Waals surface area contributed by atoms with Crippen molar-refractivity contribution >= 4 is 23.9 Å². The monoisotopic (exact) mass is 501 g/mol. The maximum atomic E-state index is 12.4. The summed E-state index contributed by atoms with van der Waals surface area (Å²) in [6, 6.07) is 22.1. The normalized spacial score (nSPS) is 11.6. The third-order valence-corrected chi connectivity index (χ3v) is 6.33. The van der Waals surface area contributed by atoms with E-state index in [0.29, 0.717) is 16.5 Å². The Labute approximate surface area is 213 Å². The first-order chi connectivity index (χ1) is 17.2. The lowest BCUT2D eigenvalue weighted by atomic mass is 9.87.